The van der Waals surface area contributed by atoms with Crippen LogP contribution in [-0.2, 0) is 24.2 Å². The largest absolute Gasteiger partial charge is 0.378 e. The second-order valence-corrected chi connectivity index (χ2v) is 7.46. The van der Waals surface area contributed by atoms with Crippen LogP contribution in [0.3, 0.4) is 0 Å². The van der Waals surface area contributed by atoms with E-state index in [-0.39, 0.29) is 5.56 Å². The van der Waals surface area contributed by atoms with Crippen LogP contribution in [0.2, 0.25) is 0 Å². The standard InChI is InChI=1S/C21H23N7O2/c29-20-16-14-27(8-5-17(16)25-19(26-20)18-3-1-2-6-22-18)13-15-4-7-23-21(24-15)28-9-11-30-12-10-28/h1-4,6-7H,5,8-14H2,(H,25,26,29). The summed E-state index contributed by atoms with van der Waals surface area (Å²) < 4.78 is 5.41. The maximum absolute atomic E-state index is 12.7. The van der Waals surface area contributed by atoms with Crippen LogP contribution in [0.1, 0.15) is 17.0 Å². The molecular weight excluding hydrogens is 382 g/mol. The summed E-state index contributed by atoms with van der Waals surface area (Å²) in [6.07, 6.45) is 4.22. The third kappa shape index (κ3) is 3.94. The van der Waals surface area contributed by atoms with Crippen LogP contribution in [0.5, 0.6) is 0 Å². The number of rotatable bonds is 4. The van der Waals surface area contributed by atoms with E-state index < -0.39 is 0 Å². The minimum atomic E-state index is -0.0953. The van der Waals surface area contributed by atoms with Crippen molar-refractivity contribution in [2.45, 2.75) is 19.5 Å². The molecule has 2 aliphatic heterocycles. The molecule has 5 heterocycles. The molecule has 0 saturated carbocycles. The molecule has 1 N–H and O–H groups in total. The summed E-state index contributed by atoms with van der Waals surface area (Å²) in [5.41, 5.74) is 3.11. The highest BCUT2D eigenvalue weighted by Gasteiger charge is 2.22. The van der Waals surface area contributed by atoms with E-state index in [0.717, 1.165) is 49.0 Å². The number of aromatic amines is 1. The number of hydrogen-bond donors (Lipinski definition) is 1. The second kappa shape index (κ2) is 8.29. The lowest BCUT2D eigenvalue weighted by Crippen LogP contribution is -2.38. The highest BCUT2D eigenvalue weighted by molar-refractivity contribution is 5.49. The van der Waals surface area contributed by atoms with Crippen molar-refractivity contribution in [3.05, 3.63) is 64.0 Å². The van der Waals surface area contributed by atoms with Gasteiger partial charge in [0.2, 0.25) is 5.95 Å². The molecule has 3 aromatic rings. The Labute approximate surface area is 173 Å². The van der Waals surface area contributed by atoms with Gasteiger partial charge in [-0.25, -0.2) is 15.0 Å². The van der Waals surface area contributed by atoms with Crippen LogP contribution in [0, 0.1) is 0 Å². The molecule has 2 aliphatic rings. The van der Waals surface area contributed by atoms with Crippen LogP contribution in [0.15, 0.2) is 41.5 Å². The molecule has 0 unspecified atom stereocenters. The number of anilines is 1. The molecule has 0 bridgehead atoms. The summed E-state index contributed by atoms with van der Waals surface area (Å²) in [5.74, 6) is 1.27. The third-order valence-electron chi connectivity index (χ3n) is 5.44. The van der Waals surface area contributed by atoms with Gasteiger partial charge in [0, 0.05) is 51.5 Å². The monoisotopic (exact) mass is 405 g/mol. The van der Waals surface area contributed by atoms with Gasteiger partial charge in [0.1, 0.15) is 5.69 Å². The summed E-state index contributed by atoms with van der Waals surface area (Å²) in [6, 6.07) is 7.51. The number of aromatic nitrogens is 5. The zero-order chi connectivity index (χ0) is 20.3. The quantitative estimate of drug-likeness (QED) is 0.687. The number of pyridine rings is 1. The molecule has 3 aromatic heterocycles. The van der Waals surface area contributed by atoms with Crippen molar-refractivity contribution in [3.8, 4) is 11.5 Å². The van der Waals surface area contributed by atoms with E-state index in [4.69, 9.17) is 9.72 Å². The smallest absolute Gasteiger partial charge is 0.255 e. The molecule has 1 saturated heterocycles. The van der Waals surface area contributed by atoms with Crippen molar-refractivity contribution in [1.29, 1.82) is 0 Å². The summed E-state index contributed by atoms with van der Waals surface area (Å²) in [6.45, 7) is 5.06. The first kappa shape index (κ1) is 18.8. The molecular formula is C21H23N7O2. The molecule has 9 nitrogen and oxygen atoms in total. The molecule has 1 fully saturated rings. The Bertz CT molecular complexity index is 1080. The zero-order valence-corrected chi connectivity index (χ0v) is 16.6. The van der Waals surface area contributed by atoms with E-state index >= 15 is 0 Å². The molecule has 0 radical (unpaired) electrons. The van der Waals surface area contributed by atoms with Crippen molar-refractivity contribution in [2.24, 2.45) is 0 Å². The van der Waals surface area contributed by atoms with E-state index in [1.54, 1.807) is 12.4 Å². The van der Waals surface area contributed by atoms with Crippen LogP contribution < -0.4 is 10.5 Å². The van der Waals surface area contributed by atoms with E-state index in [0.29, 0.717) is 37.8 Å². The number of hydrogen-bond acceptors (Lipinski definition) is 8. The van der Waals surface area contributed by atoms with Crippen molar-refractivity contribution in [2.75, 3.05) is 37.7 Å². The van der Waals surface area contributed by atoms with Gasteiger partial charge < -0.3 is 14.6 Å². The number of nitrogens with zero attached hydrogens (tertiary/aromatic N) is 6. The summed E-state index contributed by atoms with van der Waals surface area (Å²) in [5, 5.41) is 0. The van der Waals surface area contributed by atoms with Crippen molar-refractivity contribution < 1.29 is 4.74 Å². The van der Waals surface area contributed by atoms with Gasteiger partial charge in [0.05, 0.1) is 30.2 Å². The highest BCUT2D eigenvalue weighted by atomic mass is 16.5. The van der Waals surface area contributed by atoms with Gasteiger partial charge >= 0.3 is 0 Å². The summed E-state index contributed by atoms with van der Waals surface area (Å²) >= 11 is 0. The first-order chi connectivity index (χ1) is 14.8. The lowest BCUT2D eigenvalue weighted by atomic mass is 10.1. The van der Waals surface area contributed by atoms with E-state index in [1.807, 2.05) is 24.3 Å². The normalized spacial score (nSPS) is 17.0. The van der Waals surface area contributed by atoms with Crippen molar-refractivity contribution >= 4 is 5.95 Å². The van der Waals surface area contributed by atoms with Gasteiger partial charge in [0.15, 0.2) is 5.82 Å². The Kier molecular flexibility index (Phi) is 5.20. The SMILES string of the molecule is O=c1[nH]c(-c2ccccn2)nc2c1CN(Cc1ccnc(N3CCOCC3)n1)CC2. The van der Waals surface area contributed by atoms with E-state index in [1.165, 1.54) is 0 Å². The van der Waals surface area contributed by atoms with Crippen molar-refractivity contribution in [1.82, 2.24) is 29.8 Å². The number of ether oxygens (including phenoxy) is 1. The molecule has 0 spiro atoms. The maximum atomic E-state index is 12.7. The van der Waals surface area contributed by atoms with Gasteiger partial charge in [-0.3, -0.25) is 14.7 Å². The number of nitrogens with one attached hydrogen (secondary N) is 1. The zero-order valence-electron chi connectivity index (χ0n) is 16.6. The summed E-state index contributed by atoms with van der Waals surface area (Å²) in [7, 11) is 0. The van der Waals surface area contributed by atoms with Crippen LogP contribution in [-0.4, -0.2) is 62.7 Å². The Morgan fingerprint density at radius 3 is 2.77 bits per heavy atom. The van der Waals surface area contributed by atoms with Gasteiger partial charge in [-0.2, -0.15) is 0 Å². The van der Waals surface area contributed by atoms with E-state index in [9.17, 15) is 4.79 Å². The molecule has 5 rings (SSSR count). The van der Waals surface area contributed by atoms with Gasteiger partial charge in [-0.1, -0.05) is 6.07 Å². The fraction of sp³-hybridized carbons (Fsp3) is 0.381. The minimum Gasteiger partial charge on any atom is -0.378 e. The topological polar surface area (TPSA) is 100 Å². The second-order valence-electron chi connectivity index (χ2n) is 7.46. The third-order valence-corrected chi connectivity index (χ3v) is 5.44. The molecule has 0 amide bonds. The average molecular weight is 405 g/mol. The Hall–Kier alpha value is -3.17. The van der Waals surface area contributed by atoms with Gasteiger partial charge in [-0.05, 0) is 18.2 Å². The molecule has 30 heavy (non-hydrogen) atoms. The molecule has 0 aromatic carbocycles. The lowest BCUT2D eigenvalue weighted by molar-refractivity contribution is 0.122. The summed E-state index contributed by atoms with van der Waals surface area (Å²) in [4.78, 5) is 38.1. The average Bonchev–Trinajstić information content (AvgIpc) is 2.81. The van der Waals surface area contributed by atoms with Gasteiger partial charge in [0.25, 0.3) is 5.56 Å². The van der Waals surface area contributed by atoms with Crippen LogP contribution in [0.25, 0.3) is 11.5 Å². The minimum absolute atomic E-state index is 0.0953. The molecule has 0 atom stereocenters. The van der Waals surface area contributed by atoms with E-state index in [2.05, 4.69) is 29.7 Å². The predicted molar refractivity (Wildman–Crippen MR) is 111 cm³/mol. The fourth-order valence-electron chi connectivity index (χ4n) is 3.86. The van der Waals surface area contributed by atoms with Crippen LogP contribution >= 0.6 is 0 Å². The number of morpholine rings is 1. The molecule has 0 aliphatic carbocycles. The predicted octanol–water partition coefficient (Wildman–Crippen LogP) is 1.02. The Morgan fingerprint density at radius 1 is 1.03 bits per heavy atom. The molecule has 9 heteroatoms. The number of H-pyrrole nitrogens is 1. The highest BCUT2D eigenvalue weighted by Crippen LogP contribution is 2.19. The Morgan fingerprint density at radius 2 is 1.93 bits per heavy atom. The Balaban J connectivity index is 1.32. The fourth-order valence-corrected chi connectivity index (χ4v) is 3.86. The van der Waals surface area contributed by atoms with Crippen molar-refractivity contribution in [3.63, 3.8) is 0 Å². The lowest BCUT2D eigenvalue weighted by Gasteiger charge is -2.29. The first-order valence-corrected chi connectivity index (χ1v) is 10.2. The molecule has 154 valence electrons. The number of fused-ring (bicyclic) bond motifs is 1. The maximum Gasteiger partial charge on any atom is 0.255 e. The van der Waals surface area contributed by atoms with Gasteiger partial charge in [-0.15, -0.1) is 0 Å². The van der Waals surface area contributed by atoms with Crippen LogP contribution in [0.4, 0.5) is 5.95 Å². The first-order valence-electron chi connectivity index (χ1n) is 10.2.